The van der Waals surface area contributed by atoms with E-state index < -0.39 is 5.25 Å². The highest BCUT2D eigenvalue weighted by Crippen LogP contribution is 2.30. The van der Waals surface area contributed by atoms with Crippen molar-refractivity contribution in [2.45, 2.75) is 24.3 Å². The lowest BCUT2D eigenvalue weighted by atomic mass is 9.84. The maximum atomic E-state index is 12.9. The van der Waals surface area contributed by atoms with Crippen LogP contribution in [0.25, 0.3) is 5.69 Å². The summed E-state index contributed by atoms with van der Waals surface area (Å²) in [7, 11) is 0. The van der Waals surface area contributed by atoms with Gasteiger partial charge in [0, 0.05) is 27.9 Å². The van der Waals surface area contributed by atoms with Crippen molar-refractivity contribution in [1.82, 2.24) is 20.2 Å². The van der Waals surface area contributed by atoms with Crippen molar-refractivity contribution in [2.75, 3.05) is 5.32 Å². The first-order chi connectivity index (χ1) is 16.4. The second-order valence-electron chi connectivity index (χ2n) is 7.92. The van der Waals surface area contributed by atoms with Crippen LogP contribution in [0.5, 0.6) is 0 Å². The molecule has 9 heteroatoms. The second-order valence-corrected chi connectivity index (χ2v) is 9.23. The number of carbonyl (C=O) groups is 3. The molecule has 0 radical (unpaired) electrons. The minimum Gasteiger partial charge on any atom is -0.325 e. The number of tetrazole rings is 1. The summed E-state index contributed by atoms with van der Waals surface area (Å²) in [5.41, 5.74) is 3.74. The summed E-state index contributed by atoms with van der Waals surface area (Å²) in [6.07, 6.45) is 0. The Hall–Kier alpha value is -4.11. The van der Waals surface area contributed by atoms with E-state index in [0.717, 1.165) is 11.3 Å². The summed E-state index contributed by atoms with van der Waals surface area (Å²) in [5.74, 6) is -0.714. The van der Waals surface area contributed by atoms with E-state index in [1.165, 1.54) is 11.8 Å². The topological polar surface area (TPSA) is 107 Å². The van der Waals surface area contributed by atoms with Gasteiger partial charge in [-0.15, -0.1) is 5.10 Å². The lowest BCUT2D eigenvalue weighted by molar-refractivity contribution is -0.115. The van der Waals surface area contributed by atoms with Gasteiger partial charge in [-0.1, -0.05) is 53.7 Å². The van der Waals surface area contributed by atoms with E-state index >= 15 is 0 Å². The Morgan fingerprint density at radius 3 is 2.26 bits per heavy atom. The van der Waals surface area contributed by atoms with Gasteiger partial charge in [-0.2, -0.15) is 4.68 Å². The monoisotopic (exact) mass is 469 g/mol. The molecule has 0 fully saturated rings. The number of rotatable bonds is 5. The van der Waals surface area contributed by atoms with Gasteiger partial charge in [0.25, 0.3) is 0 Å². The number of benzene rings is 3. The third-order valence-electron chi connectivity index (χ3n) is 5.56. The number of amides is 1. The highest BCUT2D eigenvalue weighted by atomic mass is 32.2. The number of hydrogen-bond acceptors (Lipinski definition) is 7. The first-order valence-electron chi connectivity index (χ1n) is 10.6. The van der Waals surface area contributed by atoms with Crippen LogP contribution >= 0.6 is 11.8 Å². The number of aryl methyl sites for hydroxylation is 1. The zero-order chi connectivity index (χ0) is 23.8. The third-order valence-corrected chi connectivity index (χ3v) is 6.60. The van der Waals surface area contributed by atoms with Crippen LogP contribution in [0.4, 0.5) is 5.69 Å². The first kappa shape index (κ1) is 21.7. The smallest absolute Gasteiger partial charge is 0.237 e. The number of nitrogens with zero attached hydrogens (tertiary/aromatic N) is 4. The van der Waals surface area contributed by atoms with Crippen molar-refractivity contribution in [2.24, 2.45) is 0 Å². The van der Waals surface area contributed by atoms with E-state index in [9.17, 15) is 14.4 Å². The van der Waals surface area contributed by atoms with E-state index in [-0.39, 0.29) is 23.0 Å². The number of carbonyl (C=O) groups excluding carboxylic acids is 3. The standard InChI is InChI=1S/C25H19N5O3S/c1-14-7-10-17(11-8-14)30-25(27-28-29-30)34-15(2)24(33)26-16-9-12-20-21(13-16)23(32)19-6-4-3-5-18(19)22(20)31/h3-13,15H,1-2H3,(H,26,33)/t15-/m1/s1. The fourth-order valence-electron chi connectivity index (χ4n) is 3.73. The van der Waals surface area contributed by atoms with Gasteiger partial charge in [0.2, 0.25) is 11.1 Å². The summed E-state index contributed by atoms with van der Waals surface area (Å²) in [5, 5.41) is 14.6. The Morgan fingerprint density at radius 2 is 1.56 bits per heavy atom. The largest absolute Gasteiger partial charge is 0.325 e. The predicted molar refractivity (Wildman–Crippen MR) is 128 cm³/mol. The van der Waals surface area contributed by atoms with E-state index in [1.54, 1.807) is 54.1 Å². The molecule has 0 saturated carbocycles. The van der Waals surface area contributed by atoms with E-state index in [4.69, 9.17) is 0 Å². The lowest BCUT2D eigenvalue weighted by Crippen LogP contribution is -2.24. The maximum Gasteiger partial charge on any atom is 0.237 e. The Kier molecular flexibility index (Phi) is 5.54. The molecule has 3 aromatic carbocycles. The predicted octanol–water partition coefficient (Wildman–Crippen LogP) is 3.87. The molecule has 0 unspecified atom stereocenters. The van der Waals surface area contributed by atoms with Crippen LogP contribution in [-0.2, 0) is 4.79 Å². The Labute approximate surface area is 199 Å². The number of nitrogens with one attached hydrogen (secondary N) is 1. The molecular formula is C25H19N5O3S. The molecule has 1 amide bonds. The van der Waals surface area contributed by atoms with Gasteiger partial charge in [-0.05, 0) is 54.6 Å². The summed E-state index contributed by atoms with van der Waals surface area (Å²) in [6.45, 7) is 3.74. The molecule has 1 aromatic heterocycles. The average molecular weight is 470 g/mol. The molecule has 0 spiro atoms. The quantitative estimate of drug-likeness (QED) is 0.390. The zero-order valence-electron chi connectivity index (χ0n) is 18.4. The molecule has 0 saturated heterocycles. The fourth-order valence-corrected chi connectivity index (χ4v) is 4.54. The molecule has 34 heavy (non-hydrogen) atoms. The van der Waals surface area contributed by atoms with E-state index in [1.807, 2.05) is 31.2 Å². The molecular weight excluding hydrogens is 450 g/mol. The van der Waals surface area contributed by atoms with Crippen LogP contribution in [0.15, 0.2) is 71.9 Å². The van der Waals surface area contributed by atoms with E-state index in [2.05, 4.69) is 20.8 Å². The zero-order valence-corrected chi connectivity index (χ0v) is 19.2. The molecule has 0 bridgehead atoms. The average Bonchev–Trinajstić information content (AvgIpc) is 3.31. The Bertz CT molecular complexity index is 1450. The van der Waals surface area contributed by atoms with Crippen molar-refractivity contribution in [3.8, 4) is 5.69 Å². The number of thioether (sulfide) groups is 1. The van der Waals surface area contributed by atoms with Gasteiger partial charge in [0.05, 0.1) is 10.9 Å². The summed E-state index contributed by atoms with van der Waals surface area (Å²) in [4.78, 5) is 38.6. The molecule has 0 aliphatic heterocycles. The minimum atomic E-state index is -0.524. The van der Waals surface area contributed by atoms with Crippen LogP contribution in [0.1, 0.15) is 44.3 Å². The normalized spacial score (nSPS) is 13.2. The number of hydrogen-bond donors (Lipinski definition) is 1. The molecule has 8 nitrogen and oxygen atoms in total. The number of anilines is 1. The van der Waals surface area contributed by atoms with Crippen LogP contribution in [0.2, 0.25) is 0 Å². The van der Waals surface area contributed by atoms with Gasteiger partial charge in [0.1, 0.15) is 0 Å². The molecule has 1 N–H and O–H groups in total. The first-order valence-corrected chi connectivity index (χ1v) is 11.5. The van der Waals surface area contributed by atoms with Crippen molar-refractivity contribution in [1.29, 1.82) is 0 Å². The Balaban J connectivity index is 1.33. The van der Waals surface area contributed by atoms with Gasteiger partial charge in [0.15, 0.2) is 11.6 Å². The maximum absolute atomic E-state index is 12.9. The van der Waals surface area contributed by atoms with Gasteiger partial charge in [-0.3, -0.25) is 14.4 Å². The highest BCUT2D eigenvalue weighted by molar-refractivity contribution is 8.00. The van der Waals surface area contributed by atoms with Gasteiger partial charge >= 0.3 is 0 Å². The van der Waals surface area contributed by atoms with Crippen molar-refractivity contribution < 1.29 is 14.4 Å². The molecule has 4 aromatic rings. The summed E-state index contributed by atoms with van der Waals surface area (Å²) < 4.78 is 1.58. The van der Waals surface area contributed by atoms with Crippen LogP contribution in [0.3, 0.4) is 0 Å². The molecule has 1 aliphatic carbocycles. The molecule has 5 rings (SSSR count). The minimum absolute atomic E-state index is 0.199. The van der Waals surface area contributed by atoms with Crippen molar-refractivity contribution in [3.63, 3.8) is 0 Å². The van der Waals surface area contributed by atoms with Crippen LogP contribution in [-0.4, -0.2) is 42.9 Å². The second kappa shape index (κ2) is 8.68. The van der Waals surface area contributed by atoms with Gasteiger partial charge < -0.3 is 5.32 Å². The summed E-state index contributed by atoms with van der Waals surface area (Å²) in [6, 6.07) is 19.2. The fraction of sp³-hybridized carbons (Fsp3) is 0.120. The molecule has 1 heterocycles. The number of aromatic nitrogens is 4. The van der Waals surface area contributed by atoms with Crippen molar-refractivity contribution >= 4 is 34.9 Å². The SMILES string of the molecule is Cc1ccc(-n2nnnc2S[C@H](C)C(=O)Nc2ccc3c(c2)C(=O)c2ccccc2C3=O)cc1. The molecule has 1 aliphatic rings. The lowest BCUT2D eigenvalue weighted by Gasteiger charge is -2.18. The molecule has 168 valence electrons. The van der Waals surface area contributed by atoms with Crippen LogP contribution < -0.4 is 5.32 Å². The Morgan fingerprint density at radius 1 is 0.912 bits per heavy atom. The van der Waals surface area contributed by atoms with E-state index in [0.29, 0.717) is 27.5 Å². The molecule has 1 atom stereocenters. The number of fused-ring (bicyclic) bond motifs is 2. The highest BCUT2D eigenvalue weighted by Gasteiger charge is 2.29. The van der Waals surface area contributed by atoms with Crippen molar-refractivity contribution in [3.05, 3.63) is 94.5 Å². The third kappa shape index (κ3) is 3.90. The summed E-state index contributed by atoms with van der Waals surface area (Å²) >= 11 is 1.22. The number of ketones is 2. The van der Waals surface area contributed by atoms with Gasteiger partial charge in [-0.25, -0.2) is 0 Å². The van der Waals surface area contributed by atoms with Crippen LogP contribution in [0, 0.1) is 6.92 Å².